The van der Waals surface area contributed by atoms with Crippen molar-refractivity contribution >= 4 is 33.2 Å². The van der Waals surface area contributed by atoms with Crippen LogP contribution >= 0.6 is 0 Å². The van der Waals surface area contributed by atoms with E-state index in [1.165, 1.54) is 11.2 Å². The van der Waals surface area contributed by atoms with Gasteiger partial charge in [0.1, 0.15) is 0 Å². The molecular formula is C25H31N3O4S. The zero-order valence-electron chi connectivity index (χ0n) is 19.4. The first-order valence-electron chi connectivity index (χ1n) is 11.5. The van der Waals surface area contributed by atoms with Gasteiger partial charge < -0.3 is 10.2 Å². The molecule has 0 unspecified atom stereocenters. The first-order valence-corrected chi connectivity index (χ1v) is 13.0. The van der Waals surface area contributed by atoms with Gasteiger partial charge in [0.15, 0.2) is 0 Å². The average Bonchev–Trinajstić information content (AvgIpc) is 3.14. The maximum Gasteiger partial charge on any atom is 0.243 e. The van der Waals surface area contributed by atoms with Gasteiger partial charge in [0.25, 0.3) is 0 Å². The summed E-state index contributed by atoms with van der Waals surface area (Å²) in [7, 11) is -3.66. The number of sulfonamides is 1. The number of carbonyl (C=O) groups is 2. The van der Waals surface area contributed by atoms with E-state index in [2.05, 4.69) is 12.2 Å². The lowest BCUT2D eigenvalue weighted by Crippen LogP contribution is -2.41. The largest absolute Gasteiger partial charge is 0.326 e. The molecule has 0 radical (unpaired) electrons. The van der Waals surface area contributed by atoms with Crippen molar-refractivity contribution < 1.29 is 18.0 Å². The fourth-order valence-corrected chi connectivity index (χ4v) is 6.39. The third kappa shape index (κ3) is 4.68. The molecule has 2 heterocycles. The summed E-state index contributed by atoms with van der Waals surface area (Å²) < 4.78 is 28.0. The van der Waals surface area contributed by atoms with Crippen molar-refractivity contribution in [3.8, 4) is 0 Å². The van der Waals surface area contributed by atoms with E-state index in [1.807, 2.05) is 31.2 Å². The molecule has 176 valence electrons. The van der Waals surface area contributed by atoms with Crippen molar-refractivity contribution in [2.75, 3.05) is 23.3 Å². The van der Waals surface area contributed by atoms with Gasteiger partial charge in [0, 0.05) is 43.3 Å². The Morgan fingerprint density at radius 2 is 1.82 bits per heavy atom. The minimum absolute atomic E-state index is 0.0164. The number of aryl methyl sites for hydroxylation is 1. The molecule has 2 amide bonds. The van der Waals surface area contributed by atoms with Crippen LogP contribution in [0.4, 0.5) is 11.4 Å². The maximum atomic E-state index is 13.3. The van der Waals surface area contributed by atoms with Crippen molar-refractivity contribution in [3.05, 3.63) is 53.6 Å². The van der Waals surface area contributed by atoms with Gasteiger partial charge in [-0.3, -0.25) is 9.59 Å². The minimum Gasteiger partial charge on any atom is -0.326 e. The molecular weight excluding hydrogens is 438 g/mol. The molecule has 0 aromatic heterocycles. The second kappa shape index (κ2) is 9.27. The highest BCUT2D eigenvalue weighted by atomic mass is 32.2. The number of rotatable bonds is 5. The molecule has 0 spiro atoms. The third-order valence-corrected chi connectivity index (χ3v) is 8.57. The quantitative estimate of drug-likeness (QED) is 0.725. The van der Waals surface area contributed by atoms with Crippen LogP contribution in [0, 0.1) is 5.92 Å². The number of fused-ring (bicyclic) bond motifs is 1. The number of carbonyl (C=O) groups excluding carboxylic acids is 2. The van der Waals surface area contributed by atoms with E-state index in [-0.39, 0.29) is 28.7 Å². The monoisotopic (exact) mass is 469 g/mol. The zero-order valence-corrected chi connectivity index (χ0v) is 20.2. The van der Waals surface area contributed by atoms with Crippen LogP contribution in [0.3, 0.4) is 0 Å². The maximum absolute atomic E-state index is 13.3. The van der Waals surface area contributed by atoms with Crippen LogP contribution in [-0.4, -0.2) is 43.7 Å². The number of hydrogen-bond donors (Lipinski definition) is 1. The highest BCUT2D eigenvalue weighted by molar-refractivity contribution is 7.89. The van der Waals surface area contributed by atoms with Crippen LogP contribution < -0.4 is 10.2 Å². The molecule has 4 rings (SSSR count). The Bertz CT molecular complexity index is 1170. The first kappa shape index (κ1) is 23.4. The van der Waals surface area contributed by atoms with Gasteiger partial charge in [-0.1, -0.05) is 19.1 Å². The highest BCUT2D eigenvalue weighted by Gasteiger charge is 2.34. The summed E-state index contributed by atoms with van der Waals surface area (Å²) in [5, 5.41) is 2.98. The van der Waals surface area contributed by atoms with Crippen LogP contribution in [0.2, 0.25) is 0 Å². The summed E-state index contributed by atoms with van der Waals surface area (Å²) >= 11 is 0. The number of nitrogens with one attached hydrogen (secondary N) is 1. The fourth-order valence-electron chi connectivity index (χ4n) is 4.87. The predicted octanol–water partition coefficient (Wildman–Crippen LogP) is 3.59. The SMILES string of the molecule is CCc1cccc(NC(=O)C2CCN(S(=O)(=O)c3ccc4c(c3)C[C@@H](C)N4C(C)=O)CC2)c1. The zero-order chi connectivity index (χ0) is 23.8. The lowest BCUT2D eigenvalue weighted by molar-refractivity contribution is -0.121. The van der Waals surface area contributed by atoms with Crippen molar-refractivity contribution in [1.82, 2.24) is 4.31 Å². The summed E-state index contributed by atoms with van der Waals surface area (Å²) in [5.41, 5.74) is 3.60. The van der Waals surface area contributed by atoms with E-state index < -0.39 is 10.0 Å². The van der Waals surface area contributed by atoms with Crippen LogP contribution in [0.1, 0.15) is 44.7 Å². The lowest BCUT2D eigenvalue weighted by Gasteiger charge is -2.30. The minimum atomic E-state index is -3.66. The van der Waals surface area contributed by atoms with Gasteiger partial charge in [-0.05, 0) is 74.1 Å². The lowest BCUT2D eigenvalue weighted by atomic mass is 9.97. The predicted molar refractivity (Wildman–Crippen MR) is 129 cm³/mol. The van der Waals surface area contributed by atoms with Gasteiger partial charge in [0.05, 0.1) is 4.90 Å². The molecule has 2 aliphatic heterocycles. The van der Waals surface area contributed by atoms with Gasteiger partial charge in [-0.25, -0.2) is 8.42 Å². The van der Waals surface area contributed by atoms with Gasteiger partial charge >= 0.3 is 0 Å². The van der Waals surface area contributed by atoms with Crippen molar-refractivity contribution in [3.63, 3.8) is 0 Å². The molecule has 33 heavy (non-hydrogen) atoms. The van der Waals surface area contributed by atoms with Gasteiger partial charge in [-0.2, -0.15) is 4.31 Å². The molecule has 0 bridgehead atoms. The Morgan fingerprint density at radius 1 is 1.09 bits per heavy atom. The molecule has 2 aromatic rings. The van der Waals surface area contributed by atoms with Crippen LogP contribution in [0.25, 0.3) is 0 Å². The third-order valence-electron chi connectivity index (χ3n) is 6.67. The molecule has 1 fully saturated rings. The van der Waals surface area contributed by atoms with Gasteiger partial charge in [0.2, 0.25) is 21.8 Å². The molecule has 2 aromatic carbocycles. The molecule has 2 aliphatic rings. The van der Waals surface area contributed by atoms with Crippen LogP contribution in [0.5, 0.6) is 0 Å². The standard InChI is InChI=1S/C25H31N3O4S/c1-4-19-6-5-7-22(15-19)26-25(30)20-10-12-27(13-11-20)33(31,32)23-8-9-24-21(16-23)14-17(2)28(24)18(3)29/h5-9,15-17,20H,4,10-14H2,1-3H3,(H,26,30)/t17-/m1/s1. The summed E-state index contributed by atoms with van der Waals surface area (Å²) in [5.74, 6) is -0.318. The fraction of sp³-hybridized carbons (Fsp3) is 0.440. The second-order valence-electron chi connectivity index (χ2n) is 8.95. The Labute approximate surface area is 195 Å². The summed E-state index contributed by atoms with van der Waals surface area (Å²) in [4.78, 5) is 26.6. The Hall–Kier alpha value is -2.71. The molecule has 0 aliphatic carbocycles. The Kier molecular flexibility index (Phi) is 6.59. The van der Waals surface area contributed by atoms with E-state index in [0.29, 0.717) is 32.4 Å². The van der Waals surface area contributed by atoms with Crippen molar-refractivity contribution in [1.29, 1.82) is 0 Å². The summed E-state index contributed by atoms with van der Waals surface area (Å²) in [6.07, 6.45) is 2.51. The highest BCUT2D eigenvalue weighted by Crippen LogP contribution is 2.35. The number of benzene rings is 2. The summed E-state index contributed by atoms with van der Waals surface area (Å²) in [6, 6.07) is 12.8. The molecule has 1 saturated heterocycles. The van der Waals surface area contributed by atoms with Gasteiger partial charge in [-0.15, -0.1) is 0 Å². The number of amides is 2. The molecule has 7 nitrogen and oxygen atoms in total. The number of hydrogen-bond acceptors (Lipinski definition) is 4. The van der Waals surface area contributed by atoms with E-state index >= 15 is 0 Å². The van der Waals surface area contributed by atoms with E-state index in [9.17, 15) is 18.0 Å². The average molecular weight is 470 g/mol. The Balaban J connectivity index is 1.42. The van der Waals surface area contributed by atoms with E-state index in [4.69, 9.17) is 0 Å². The smallest absolute Gasteiger partial charge is 0.243 e. The first-order chi connectivity index (χ1) is 15.7. The van der Waals surface area contributed by atoms with E-state index in [1.54, 1.807) is 23.1 Å². The number of piperidine rings is 1. The van der Waals surface area contributed by atoms with Crippen LogP contribution in [0.15, 0.2) is 47.4 Å². The Morgan fingerprint density at radius 3 is 2.48 bits per heavy atom. The van der Waals surface area contributed by atoms with Crippen molar-refractivity contribution in [2.45, 2.75) is 57.4 Å². The van der Waals surface area contributed by atoms with Crippen LogP contribution in [-0.2, 0) is 32.5 Å². The van der Waals surface area contributed by atoms with Crippen molar-refractivity contribution in [2.24, 2.45) is 5.92 Å². The molecule has 1 N–H and O–H groups in total. The number of anilines is 2. The summed E-state index contributed by atoms with van der Waals surface area (Å²) in [6.45, 7) is 6.17. The number of nitrogens with zero attached hydrogens (tertiary/aromatic N) is 2. The molecule has 0 saturated carbocycles. The second-order valence-corrected chi connectivity index (χ2v) is 10.9. The normalized spacial score (nSPS) is 19.4. The molecule has 1 atom stereocenters. The topological polar surface area (TPSA) is 86.8 Å². The van der Waals surface area contributed by atoms with E-state index in [0.717, 1.165) is 28.9 Å². The molecule has 8 heteroatoms.